The molecule has 3 aromatic carbocycles. The first-order chi connectivity index (χ1) is 17.9. The lowest BCUT2D eigenvalue weighted by atomic mass is 10.1. The molecule has 0 N–H and O–H groups in total. The Morgan fingerprint density at radius 1 is 1.03 bits per heavy atom. The average molecular weight is 534 g/mol. The van der Waals surface area contributed by atoms with Gasteiger partial charge in [0.25, 0.3) is 5.91 Å². The van der Waals surface area contributed by atoms with Crippen LogP contribution in [0.1, 0.15) is 35.2 Å². The molecule has 6 nitrogen and oxygen atoms in total. The highest BCUT2D eigenvalue weighted by atomic mass is 32.2. The van der Waals surface area contributed by atoms with Gasteiger partial charge in [0.2, 0.25) is 0 Å². The van der Waals surface area contributed by atoms with Crippen LogP contribution in [0.5, 0.6) is 11.5 Å². The maximum absolute atomic E-state index is 13.4. The van der Waals surface area contributed by atoms with Gasteiger partial charge >= 0.3 is 5.97 Å². The van der Waals surface area contributed by atoms with Crippen molar-refractivity contribution in [2.75, 3.05) is 13.7 Å². The number of aryl methyl sites for hydroxylation is 1. The van der Waals surface area contributed by atoms with E-state index in [0.29, 0.717) is 39.5 Å². The van der Waals surface area contributed by atoms with Crippen LogP contribution < -0.4 is 9.47 Å². The van der Waals surface area contributed by atoms with Crippen LogP contribution in [0.2, 0.25) is 0 Å². The minimum atomic E-state index is -0.958. The third-order valence-corrected chi connectivity index (χ3v) is 7.16. The van der Waals surface area contributed by atoms with Crippen LogP contribution in [0, 0.1) is 6.92 Å². The molecule has 0 bridgehead atoms. The van der Waals surface area contributed by atoms with Gasteiger partial charge in [0, 0.05) is 0 Å². The number of nitrogens with zero attached hydrogens (tertiary/aromatic N) is 1. The lowest BCUT2D eigenvalue weighted by Crippen LogP contribution is -2.37. The number of thioether (sulfide) groups is 1. The molecule has 1 amide bonds. The fraction of sp³-hybridized carbons (Fsp3) is 0.207. The molecule has 37 heavy (non-hydrogen) atoms. The van der Waals surface area contributed by atoms with Crippen LogP contribution in [0.25, 0.3) is 6.08 Å². The van der Waals surface area contributed by atoms with Gasteiger partial charge in [0.15, 0.2) is 17.5 Å². The van der Waals surface area contributed by atoms with E-state index in [1.165, 1.54) is 12.0 Å². The summed E-state index contributed by atoms with van der Waals surface area (Å²) in [7, 11) is 1.30. The molecule has 190 valence electrons. The third kappa shape index (κ3) is 6.03. The molecule has 1 saturated heterocycles. The summed E-state index contributed by atoms with van der Waals surface area (Å²) in [5.41, 5.74) is 3.62. The largest absolute Gasteiger partial charge is 0.490 e. The number of hydrogen-bond acceptors (Lipinski definition) is 7. The second kappa shape index (κ2) is 12.1. The first-order valence-corrected chi connectivity index (χ1v) is 13.0. The molecule has 1 atom stereocenters. The van der Waals surface area contributed by atoms with Gasteiger partial charge in [-0.15, -0.1) is 0 Å². The molecule has 1 fully saturated rings. The first kappa shape index (κ1) is 26.4. The smallest absolute Gasteiger partial charge is 0.333 e. The Hall–Kier alpha value is -3.62. The minimum Gasteiger partial charge on any atom is -0.490 e. The number of ether oxygens (including phenoxy) is 3. The van der Waals surface area contributed by atoms with Gasteiger partial charge in [-0.25, -0.2) is 4.79 Å². The van der Waals surface area contributed by atoms with Gasteiger partial charge in [0.1, 0.15) is 10.9 Å². The number of carbonyl (C=O) groups is 2. The summed E-state index contributed by atoms with van der Waals surface area (Å²) >= 11 is 6.66. The molecule has 0 radical (unpaired) electrons. The second-order valence-electron chi connectivity index (χ2n) is 8.24. The van der Waals surface area contributed by atoms with E-state index in [1.807, 2.05) is 62.4 Å². The van der Waals surface area contributed by atoms with Crippen LogP contribution >= 0.6 is 24.0 Å². The summed E-state index contributed by atoms with van der Waals surface area (Å²) in [5.74, 6) is 0.284. The Morgan fingerprint density at radius 2 is 1.76 bits per heavy atom. The number of rotatable bonds is 9. The SMILES string of the molecule is CCOc1cc(/C=C2\SC(=S)N(C(C(=O)OC)c3ccccc3)C2=O)ccc1OCc1ccccc1C. The van der Waals surface area contributed by atoms with Gasteiger partial charge < -0.3 is 14.2 Å². The van der Waals surface area contributed by atoms with E-state index in [9.17, 15) is 9.59 Å². The molecule has 1 aliphatic heterocycles. The summed E-state index contributed by atoms with van der Waals surface area (Å²) in [6.07, 6.45) is 1.74. The van der Waals surface area contributed by atoms with Crippen molar-refractivity contribution in [1.29, 1.82) is 0 Å². The van der Waals surface area contributed by atoms with Crippen LogP contribution in [-0.4, -0.2) is 34.8 Å². The number of thiocarbonyl (C=S) groups is 1. The van der Waals surface area contributed by atoms with Crippen molar-refractivity contribution in [2.45, 2.75) is 26.5 Å². The van der Waals surface area contributed by atoms with Crippen LogP contribution in [0.15, 0.2) is 77.7 Å². The fourth-order valence-electron chi connectivity index (χ4n) is 3.92. The van der Waals surface area contributed by atoms with Gasteiger partial charge in [0.05, 0.1) is 18.6 Å². The molecule has 1 unspecified atom stereocenters. The Labute approximate surface area is 226 Å². The van der Waals surface area contributed by atoms with E-state index in [4.69, 9.17) is 26.4 Å². The number of esters is 1. The van der Waals surface area contributed by atoms with Crippen molar-refractivity contribution in [3.05, 3.63) is 100.0 Å². The zero-order valence-corrected chi connectivity index (χ0v) is 22.4. The first-order valence-electron chi connectivity index (χ1n) is 11.8. The molecule has 1 heterocycles. The predicted octanol–water partition coefficient (Wildman–Crippen LogP) is 6.09. The molecule has 0 aromatic heterocycles. The fourth-order valence-corrected chi connectivity index (χ4v) is 5.23. The Morgan fingerprint density at radius 3 is 2.46 bits per heavy atom. The summed E-state index contributed by atoms with van der Waals surface area (Å²) in [5, 5.41) is 0. The van der Waals surface area contributed by atoms with Crippen molar-refractivity contribution >= 4 is 46.3 Å². The van der Waals surface area contributed by atoms with E-state index < -0.39 is 12.0 Å². The molecule has 3 aromatic rings. The van der Waals surface area contributed by atoms with E-state index in [0.717, 1.165) is 28.5 Å². The zero-order valence-electron chi connectivity index (χ0n) is 20.8. The van der Waals surface area contributed by atoms with Crippen molar-refractivity contribution < 1.29 is 23.8 Å². The number of methoxy groups -OCH3 is 1. The van der Waals surface area contributed by atoms with Crippen LogP contribution in [-0.2, 0) is 20.9 Å². The van der Waals surface area contributed by atoms with Crippen LogP contribution in [0.4, 0.5) is 0 Å². The van der Waals surface area contributed by atoms with Crippen molar-refractivity contribution in [2.24, 2.45) is 0 Å². The lowest BCUT2D eigenvalue weighted by Gasteiger charge is -2.24. The lowest BCUT2D eigenvalue weighted by molar-refractivity contribution is -0.148. The van der Waals surface area contributed by atoms with Gasteiger partial charge in [-0.3, -0.25) is 9.69 Å². The van der Waals surface area contributed by atoms with Crippen molar-refractivity contribution in [3.63, 3.8) is 0 Å². The summed E-state index contributed by atoms with van der Waals surface area (Å²) in [4.78, 5) is 27.8. The highest BCUT2D eigenvalue weighted by molar-refractivity contribution is 8.26. The molecular formula is C29H27NO5S2. The summed E-state index contributed by atoms with van der Waals surface area (Å²) in [6, 6.07) is 21.6. The standard InChI is InChI=1S/C29H27NO5S2/c1-4-34-24-16-20(14-15-23(24)35-18-22-13-9-8-10-19(22)2)17-25-27(31)30(29(36)37-25)26(28(32)33-3)21-11-6-5-7-12-21/h5-17,26H,4,18H2,1-3H3/b25-17-. The summed E-state index contributed by atoms with van der Waals surface area (Å²) in [6.45, 7) is 4.83. The van der Waals surface area contributed by atoms with E-state index in [1.54, 1.807) is 30.3 Å². The summed E-state index contributed by atoms with van der Waals surface area (Å²) < 4.78 is 17.2. The number of amides is 1. The van der Waals surface area contributed by atoms with Crippen LogP contribution in [0.3, 0.4) is 0 Å². The molecule has 1 aliphatic rings. The highest BCUT2D eigenvalue weighted by Crippen LogP contribution is 2.39. The van der Waals surface area contributed by atoms with Gasteiger partial charge in [-0.2, -0.15) is 0 Å². The third-order valence-electron chi connectivity index (χ3n) is 5.83. The Bertz CT molecular complexity index is 1340. The molecule has 8 heteroatoms. The maximum Gasteiger partial charge on any atom is 0.333 e. The highest BCUT2D eigenvalue weighted by Gasteiger charge is 2.41. The maximum atomic E-state index is 13.4. The van der Waals surface area contributed by atoms with Gasteiger partial charge in [-0.05, 0) is 54.3 Å². The number of hydrogen-bond donors (Lipinski definition) is 0. The Kier molecular flexibility index (Phi) is 8.63. The monoisotopic (exact) mass is 533 g/mol. The second-order valence-corrected chi connectivity index (χ2v) is 9.92. The number of benzene rings is 3. The molecular weight excluding hydrogens is 506 g/mol. The van der Waals surface area contributed by atoms with E-state index >= 15 is 0 Å². The minimum absolute atomic E-state index is 0.290. The van der Waals surface area contributed by atoms with Gasteiger partial charge in [-0.1, -0.05) is 84.6 Å². The van der Waals surface area contributed by atoms with E-state index in [2.05, 4.69) is 0 Å². The molecule has 0 aliphatic carbocycles. The van der Waals surface area contributed by atoms with Crippen molar-refractivity contribution in [1.82, 2.24) is 4.90 Å². The average Bonchev–Trinajstić information content (AvgIpc) is 3.17. The molecule has 4 rings (SSSR count). The number of carbonyl (C=O) groups excluding carboxylic acids is 2. The zero-order chi connectivity index (χ0) is 26.4. The Balaban J connectivity index is 1.59. The topological polar surface area (TPSA) is 65.1 Å². The molecule has 0 spiro atoms. The predicted molar refractivity (Wildman–Crippen MR) is 149 cm³/mol. The quantitative estimate of drug-likeness (QED) is 0.187. The molecule has 0 saturated carbocycles. The normalized spacial score (nSPS) is 15.1. The van der Waals surface area contributed by atoms with Crippen molar-refractivity contribution in [3.8, 4) is 11.5 Å². The van der Waals surface area contributed by atoms with E-state index in [-0.39, 0.29) is 5.91 Å².